The first-order chi connectivity index (χ1) is 11.1. The van der Waals surface area contributed by atoms with Gasteiger partial charge in [-0.05, 0) is 42.8 Å². The Labute approximate surface area is 133 Å². The lowest BCUT2D eigenvalue weighted by Gasteiger charge is -2.06. The van der Waals surface area contributed by atoms with Crippen molar-refractivity contribution in [1.82, 2.24) is 4.98 Å². The summed E-state index contributed by atoms with van der Waals surface area (Å²) >= 11 is 0. The Hall–Kier alpha value is -3.01. The number of hydrogen-bond donors (Lipinski definition) is 0. The Balaban J connectivity index is 1.80. The third-order valence-electron chi connectivity index (χ3n) is 3.31. The first-order valence-electron chi connectivity index (χ1n) is 7.14. The van der Waals surface area contributed by atoms with Gasteiger partial charge in [0.1, 0.15) is 11.3 Å². The predicted molar refractivity (Wildman–Crippen MR) is 87.5 cm³/mol. The summed E-state index contributed by atoms with van der Waals surface area (Å²) in [5, 5.41) is 0.906. The lowest BCUT2D eigenvalue weighted by molar-refractivity contribution is -0.128. The molecule has 1 aromatic heterocycles. The number of aromatic nitrogens is 1. The summed E-state index contributed by atoms with van der Waals surface area (Å²) in [4.78, 5) is 16.4. The third kappa shape index (κ3) is 3.61. The molecular weight excluding hydrogens is 293 g/mol. The maximum Gasteiger partial charge on any atom is 0.336 e. The smallest absolute Gasteiger partial charge is 0.336 e. The molecule has 2 aromatic carbocycles. The molecule has 0 unspecified atom stereocenters. The molecule has 0 saturated carbocycles. The number of para-hydroxylation sites is 1. The highest BCUT2D eigenvalue weighted by molar-refractivity contribution is 5.92. The van der Waals surface area contributed by atoms with E-state index < -0.39 is 5.97 Å². The van der Waals surface area contributed by atoms with E-state index in [9.17, 15) is 9.18 Å². The van der Waals surface area contributed by atoms with Crippen LogP contribution in [0.1, 0.15) is 11.3 Å². The fourth-order valence-corrected chi connectivity index (χ4v) is 2.18. The lowest BCUT2D eigenvalue weighted by atomic mass is 10.2. The van der Waals surface area contributed by atoms with Crippen LogP contribution in [0.4, 0.5) is 4.39 Å². The van der Waals surface area contributed by atoms with E-state index in [0.29, 0.717) is 11.3 Å². The van der Waals surface area contributed by atoms with Crippen molar-refractivity contribution in [3.05, 3.63) is 77.7 Å². The fourth-order valence-electron chi connectivity index (χ4n) is 2.18. The Morgan fingerprint density at radius 3 is 2.65 bits per heavy atom. The van der Waals surface area contributed by atoms with Gasteiger partial charge in [0.25, 0.3) is 0 Å². The van der Waals surface area contributed by atoms with Crippen molar-refractivity contribution in [3.63, 3.8) is 0 Å². The van der Waals surface area contributed by atoms with Crippen LogP contribution in [-0.2, 0) is 4.79 Å². The van der Waals surface area contributed by atoms with Crippen LogP contribution in [0, 0.1) is 12.7 Å². The average molecular weight is 307 g/mol. The van der Waals surface area contributed by atoms with Crippen LogP contribution >= 0.6 is 0 Å². The van der Waals surface area contributed by atoms with Gasteiger partial charge in [-0.3, -0.25) is 0 Å². The van der Waals surface area contributed by atoms with Crippen LogP contribution in [0.3, 0.4) is 0 Å². The van der Waals surface area contributed by atoms with E-state index in [1.54, 1.807) is 24.3 Å². The molecule has 0 radical (unpaired) electrons. The first-order valence-corrected chi connectivity index (χ1v) is 7.14. The number of aryl methyl sites for hydroxylation is 1. The molecule has 0 amide bonds. The van der Waals surface area contributed by atoms with E-state index in [1.807, 2.05) is 31.2 Å². The number of esters is 1. The van der Waals surface area contributed by atoms with Crippen molar-refractivity contribution in [2.24, 2.45) is 0 Å². The SMILES string of the molecule is Cc1ccc2cccc(OC(=O)C=Cc3ccc(F)cc3)c2n1. The van der Waals surface area contributed by atoms with Crippen LogP contribution < -0.4 is 4.74 Å². The summed E-state index contributed by atoms with van der Waals surface area (Å²) in [5.74, 6) is -0.410. The van der Waals surface area contributed by atoms with Gasteiger partial charge >= 0.3 is 5.97 Å². The van der Waals surface area contributed by atoms with E-state index in [4.69, 9.17) is 4.74 Å². The van der Waals surface area contributed by atoms with Crippen molar-refractivity contribution in [2.75, 3.05) is 0 Å². The highest BCUT2D eigenvalue weighted by Crippen LogP contribution is 2.24. The molecule has 114 valence electrons. The number of hydrogen-bond acceptors (Lipinski definition) is 3. The van der Waals surface area contributed by atoms with Crippen molar-refractivity contribution >= 4 is 22.9 Å². The van der Waals surface area contributed by atoms with Crippen molar-refractivity contribution in [3.8, 4) is 5.75 Å². The van der Waals surface area contributed by atoms with Crippen LogP contribution in [-0.4, -0.2) is 11.0 Å². The molecule has 0 aliphatic heterocycles. The number of ether oxygens (including phenoxy) is 1. The molecule has 0 aliphatic rings. The molecule has 4 heteroatoms. The summed E-state index contributed by atoms with van der Waals surface area (Å²) < 4.78 is 18.2. The predicted octanol–water partition coefficient (Wildman–Crippen LogP) is 4.30. The highest BCUT2D eigenvalue weighted by atomic mass is 19.1. The van der Waals surface area contributed by atoms with E-state index in [-0.39, 0.29) is 5.82 Å². The molecule has 3 nitrogen and oxygen atoms in total. The molecule has 0 spiro atoms. The van der Waals surface area contributed by atoms with Crippen molar-refractivity contribution in [2.45, 2.75) is 6.92 Å². The second-order valence-corrected chi connectivity index (χ2v) is 5.09. The lowest BCUT2D eigenvalue weighted by Crippen LogP contribution is -2.04. The number of carbonyl (C=O) groups is 1. The average Bonchev–Trinajstić information content (AvgIpc) is 2.55. The number of fused-ring (bicyclic) bond motifs is 1. The number of benzene rings is 2. The molecule has 0 atom stereocenters. The number of carbonyl (C=O) groups excluding carboxylic acids is 1. The zero-order valence-corrected chi connectivity index (χ0v) is 12.5. The Morgan fingerprint density at radius 2 is 1.87 bits per heavy atom. The molecule has 0 fully saturated rings. The minimum atomic E-state index is -0.509. The standard InChI is InChI=1S/C19H14FNO2/c1-13-5-9-15-3-2-4-17(19(15)21-13)23-18(22)12-8-14-6-10-16(20)11-7-14/h2-12H,1H3. The second-order valence-electron chi connectivity index (χ2n) is 5.09. The molecule has 23 heavy (non-hydrogen) atoms. The van der Waals surface area contributed by atoms with Crippen LogP contribution in [0.5, 0.6) is 5.75 Å². The van der Waals surface area contributed by atoms with E-state index in [2.05, 4.69) is 4.98 Å². The maximum absolute atomic E-state index is 12.8. The monoisotopic (exact) mass is 307 g/mol. The summed E-state index contributed by atoms with van der Waals surface area (Å²) in [6.45, 7) is 1.88. The van der Waals surface area contributed by atoms with Crippen molar-refractivity contribution in [1.29, 1.82) is 0 Å². The van der Waals surface area contributed by atoms with Gasteiger partial charge in [0.2, 0.25) is 0 Å². The normalized spacial score (nSPS) is 11.0. The van der Waals surface area contributed by atoms with Crippen LogP contribution in [0.2, 0.25) is 0 Å². The first kappa shape index (κ1) is 14.9. The molecule has 0 saturated heterocycles. The minimum absolute atomic E-state index is 0.318. The van der Waals surface area contributed by atoms with E-state index in [1.165, 1.54) is 18.2 Å². The summed E-state index contributed by atoms with van der Waals surface area (Å²) in [6.07, 6.45) is 2.88. The number of pyridine rings is 1. The number of rotatable bonds is 3. The highest BCUT2D eigenvalue weighted by Gasteiger charge is 2.07. The van der Waals surface area contributed by atoms with Gasteiger partial charge in [-0.2, -0.15) is 0 Å². The second kappa shape index (κ2) is 6.40. The molecule has 3 rings (SSSR count). The van der Waals surface area contributed by atoms with E-state index in [0.717, 1.165) is 16.6 Å². The van der Waals surface area contributed by atoms with Gasteiger partial charge in [-0.25, -0.2) is 14.2 Å². The Kier molecular flexibility index (Phi) is 4.15. The molecule has 1 heterocycles. The fraction of sp³-hybridized carbons (Fsp3) is 0.0526. The molecular formula is C19H14FNO2. The van der Waals surface area contributed by atoms with Gasteiger partial charge in [-0.15, -0.1) is 0 Å². The number of nitrogens with zero attached hydrogens (tertiary/aromatic N) is 1. The Morgan fingerprint density at radius 1 is 1.09 bits per heavy atom. The molecule has 3 aromatic rings. The van der Waals surface area contributed by atoms with Gasteiger partial charge in [0.05, 0.1) is 0 Å². The van der Waals surface area contributed by atoms with Gasteiger partial charge in [0, 0.05) is 17.2 Å². The Bertz CT molecular complexity index is 886. The minimum Gasteiger partial charge on any atom is -0.421 e. The van der Waals surface area contributed by atoms with Gasteiger partial charge < -0.3 is 4.74 Å². The summed E-state index contributed by atoms with van der Waals surface area (Å²) in [7, 11) is 0. The number of halogens is 1. The zero-order valence-electron chi connectivity index (χ0n) is 12.5. The summed E-state index contributed by atoms with van der Waals surface area (Å²) in [6, 6.07) is 15.1. The van der Waals surface area contributed by atoms with Crippen LogP contribution in [0.15, 0.2) is 60.7 Å². The summed E-state index contributed by atoms with van der Waals surface area (Å²) in [5.41, 5.74) is 2.22. The maximum atomic E-state index is 12.8. The van der Waals surface area contributed by atoms with Crippen molar-refractivity contribution < 1.29 is 13.9 Å². The molecule has 0 N–H and O–H groups in total. The van der Waals surface area contributed by atoms with Gasteiger partial charge in [-0.1, -0.05) is 30.3 Å². The topological polar surface area (TPSA) is 39.2 Å². The molecule has 0 aliphatic carbocycles. The zero-order chi connectivity index (χ0) is 16.2. The third-order valence-corrected chi connectivity index (χ3v) is 3.31. The van der Waals surface area contributed by atoms with E-state index >= 15 is 0 Å². The quantitative estimate of drug-likeness (QED) is 0.411. The molecule has 0 bridgehead atoms. The van der Waals surface area contributed by atoms with Crippen LogP contribution in [0.25, 0.3) is 17.0 Å². The van der Waals surface area contributed by atoms with Gasteiger partial charge in [0.15, 0.2) is 5.75 Å². The largest absolute Gasteiger partial charge is 0.421 e.